The molecule has 0 saturated heterocycles. The van der Waals surface area contributed by atoms with Gasteiger partial charge in [0.1, 0.15) is 12.4 Å². The topological polar surface area (TPSA) is 64.6 Å². The smallest absolute Gasteiger partial charge is 0.407 e. The predicted molar refractivity (Wildman–Crippen MR) is 130 cm³/mol. The highest BCUT2D eigenvalue weighted by Gasteiger charge is 2.28. The second-order valence-electron chi connectivity index (χ2n) is 7.79. The summed E-state index contributed by atoms with van der Waals surface area (Å²) in [6, 6.07) is 22.0. The van der Waals surface area contributed by atoms with Crippen LogP contribution in [0.4, 0.5) is 4.79 Å². The molecule has 0 bridgehead atoms. The third-order valence-corrected chi connectivity index (χ3v) is 5.69. The number of nitrogens with one attached hydrogen (secondary N) is 1. The molecule has 5 heteroatoms. The summed E-state index contributed by atoms with van der Waals surface area (Å²) < 4.78 is 11.0. The zero-order chi connectivity index (χ0) is 23.0. The van der Waals surface area contributed by atoms with Crippen LogP contribution in [0.3, 0.4) is 0 Å². The van der Waals surface area contributed by atoms with Crippen molar-refractivity contribution < 1.29 is 19.1 Å². The van der Waals surface area contributed by atoms with Crippen molar-refractivity contribution in [2.45, 2.75) is 19.3 Å². The molecule has 1 aliphatic carbocycles. The summed E-state index contributed by atoms with van der Waals surface area (Å²) in [6.45, 7) is 3.16. The highest BCUT2D eigenvalue weighted by molar-refractivity contribution is 5.81. The number of hydrogen-bond acceptors (Lipinski definition) is 4. The monoisotopic (exact) mass is 441 g/mol. The lowest BCUT2D eigenvalue weighted by Crippen LogP contribution is -2.26. The molecule has 0 unspecified atom stereocenters. The zero-order valence-corrected chi connectivity index (χ0v) is 18.6. The fraction of sp³-hybridized carbons (Fsp3) is 0.214. The molecular weight excluding hydrogens is 414 g/mol. The number of fused-ring (bicyclic) bond motifs is 3. The zero-order valence-electron chi connectivity index (χ0n) is 18.6. The molecule has 0 saturated carbocycles. The van der Waals surface area contributed by atoms with Crippen LogP contribution < -0.4 is 10.1 Å². The van der Waals surface area contributed by atoms with Crippen molar-refractivity contribution in [3.8, 4) is 16.9 Å². The minimum Gasteiger partial charge on any atom is -0.493 e. The quantitative estimate of drug-likeness (QED) is 0.335. The van der Waals surface area contributed by atoms with Crippen LogP contribution in [-0.4, -0.2) is 32.1 Å². The van der Waals surface area contributed by atoms with Gasteiger partial charge in [0.15, 0.2) is 6.29 Å². The van der Waals surface area contributed by atoms with Gasteiger partial charge >= 0.3 is 6.09 Å². The lowest BCUT2D eigenvalue weighted by atomic mass is 9.98. The highest BCUT2D eigenvalue weighted by Crippen LogP contribution is 2.44. The molecule has 0 aromatic heterocycles. The number of carbonyl (C=O) groups is 2. The number of hydrogen-bond donors (Lipinski definition) is 1. The number of aldehydes is 1. The molecule has 0 aliphatic heterocycles. The minimum absolute atomic E-state index is 0.0507. The maximum atomic E-state index is 12.2. The molecule has 0 heterocycles. The van der Waals surface area contributed by atoms with Crippen molar-refractivity contribution in [2.75, 3.05) is 19.8 Å². The molecule has 5 nitrogen and oxygen atoms in total. The third-order valence-electron chi connectivity index (χ3n) is 5.69. The van der Waals surface area contributed by atoms with E-state index in [-0.39, 0.29) is 5.92 Å². The molecule has 33 heavy (non-hydrogen) atoms. The molecular formula is C28H27NO4. The molecule has 1 N–H and O–H groups in total. The predicted octanol–water partition coefficient (Wildman–Crippen LogP) is 5.84. The average Bonchev–Trinajstić information content (AvgIpc) is 3.17. The standard InChI is InChI=1S/C28H27NO4/c1-2-32-27-15-14-20(17-21(27)18-30)9-7-8-16-29-28(31)33-19-26-24-12-5-3-10-22(24)23-11-4-6-13-25(23)26/h3-7,9-15,17-18,26H,2,8,16,19H2,1H3,(H,29,31). The Morgan fingerprint density at radius 2 is 1.70 bits per heavy atom. The van der Waals surface area contributed by atoms with Crippen molar-refractivity contribution in [1.29, 1.82) is 0 Å². The Morgan fingerprint density at radius 3 is 2.36 bits per heavy atom. The number of ether oxygens (including phenoxy) is 2. The fourth-order valence-electron chi connectivity index (χ4n) is 4.18. The molecule has 0 radical (unpaired) electrons. The lowest BCUT2D eigenvalue weighted by Gasteiger charge is -2.14. The van der Waals surface area contributed by atoms with E-state index in [4.69, 9.17) is 9.47 Å². The van der Waals surface area contributed by atoms with E-state index in [1.165, 1.54) is 22.3 Å². The summed E-state index contributed by atoms with van der Waals surface area (Å²) in [4.78, 5) is 23.5. The minimum atomic E-state index is -0.422. The van der Waals surface area contributed by atoms with Crippen LogP contribution in [0.25, 0.3) is 17.2 Å². The molecule has 1 amide bonds. The first-order valence-corrected chi connectivity index (χ1v) is 11.2. The molecule has 0 fully saturated rings. The van der Waals surface area contributed by atoms with Crippen molar-refractivity contribution in [2.24, 2.45) is 0 Å². The molecule has 168 valence electrons. The van der Waals surface area contributed by atoms with E-state index in [0.29, 0.717) is 37.5 Å². The summed E-state index contributed by atoms with van der Waals surface area (Å²) in [6.07, 6.45) is 4.89. The maximum absolute atomic E-state index is 12.2. The summed E-state index contributed by atoms with van der Waals surface area (Å²) >= 11 is 0. The van der Waals surface area contributed by atoms with Crippen molar-refractivity contribution in [1.82, 2.24) is 5.32 Å². The number of alkyl carbamates (subject to hydrolysis) is 1. The number of rotatable bonds is 9. The third kappa shape index (κ3) is 5.14. The summed E-state index contributed by atoms with van der Waals surface area (Å²) in [5.41, 5.74) is 6.23. The van der Waals surface area contributed by atoms with E-state index in [1.807, 2.05) is 49.4 Å². The molecule has 3 aromatic rings. The fourth-order valence-corrected chi connectivity index (χ4v) is 4.18. The summed E-state index contributed by atoms with van der Waals surface area (Å²) in [5.74, 6) is 0.635. The van der Waals surface area contributed by atoms with E-state index in [1.54, 1.807) is 12.1 Å². The van der Waals surface area contributed by atoms with Gasteiger partial charge < -0.3 is 14.8 Å². The van der Waals surface area contributed by atoms with Crippen LogP contribution in [0.2, 0.25) is 0 Å². The van der Waals surface area contributed by atoms with Crippen LogP contribution in [0.1, 0.15) is 46.3 Å². The highest BCUT2D eigenvalue weighted by atomic mass is 16.5. The average molecular weight is 442 g/mol. The number of benzene rings is 3. The lowest BCUT2D eigenvalue weighted by molar-refractivity contribution is 0.111. The van der Waals surface area contributed by atoms with E-state index < -0.39 is 6.09 Å². The summed E-state index contributed by atoms with van der Waals surface area (Å²) in [5, 5.41) is 2.80. The second-order valence-corrected chi connectivity index (χ2v) is 7.79. The van der Waals surface area contributed by atoms with Gasteiger partial charge in [0.05, 0.1) is 12.2 Å². The van der Waals surface area contributed by atoms with Gasteiger partial charge in [-0.3, -0.25) is 4.79 Å². The van der Waals surface area contributed by atoms with E-state index in [9.17, 15) is 9.59 Å². The van der Waals surface area contributed by atoms with Crippen molar-refractivity contribution in [3.63, 3.8) is 0 Å². The van der Waals surface area contributed by atoms with Crippen molar-refractivity contribution in [3.05, 3.63) is 95.1 Å². The SMILES string of the molecule is CCOc1ccc(C=CCCNC(=O)OCC2c3ccccc3-c3ccccc32)cc1C=O. The molecule has 4 rings (SSSR count). The first kappa shape index (κ1) is 22.3. The molecule has 0 atom stereocenters. The van der Waals surface area contributed by atoms with Crippen LogP contribution in [-0.2, 0) is 4.74 Å². The summed E-state index contributed by atoms with van der Waals surface area (Å²) in [7, 11) is 0. The molecule has 3 aromatic carbocycles. The maximum Gasteiger partial charge on any atom is 0.407 e. The van der Waals surface area contributed by atoms with E-state index in [2.05, 4.69) is 29.6 Å². The van der Waals surface area contributed by atoms with Gasteiger partial charge in [-0.1, -0.05) is 66.7 Å². The van der Waals surface area contributed by atoms with Gasteiger partial charge in [-0.2, -0.15) is 0 Å². The Morgan fingerprint density at radius 1 is 1.00 bits per heavy atom. The van der Waals surface area contributed by atoms with Crippen LogP contribution in [0.15, 0.2) is 72.8 Å². The van der Waals surface area contributed by atoms with Gasteiger partial charge in [-0.05, 0) is 53.3 Å². The first-order valence-electron chi connectivity index (χ1n) is 11.2. The normalized spacial score (nSPS) is 12.3. The Balaban J connectivity index is 1.26. The Bertz CT molecular complexity index is 1120. The first-order chi connectivity index (χ1) is 16.2. The Labute approximate surface area is 194 Å². The Kier molecular flexibility index (Phi) is 7.20. The van der Waals surface area contributed by atoms with Gasteiger partial charge in [0, 0.05) is 12.5 Å². The van der Waals surface area contributed by atoms with Crippen molar-refractivity contribution >= 4 is 18.5 Å². The molecule has 1 aliphatic rings. The van der Waals surface area contributed by atoms with E-state index in [0.717, 1.165) is 11.8 Å². The number of carbonyl (C=O) groups excluding carboxylic acids is 2. The number of amides is 1. The van der Waals surface area contributed by atoms with Crippen LogP contribution in [0.5, 0.6) is 5.75 Å². The Hall–Kier alpha value is -3.86. The van der Waals surface area contributed by atoms with Crippen LogP contribution in [0, 0.1) is 0 Å². The second kappa shape index (κ2) is 10.6. The van der Waals surface area contributed by atoms with Gasteiger partial charge in [-0.25, -0.2) is 4.79 Å². The molecule has 0 spiro atoms. The van der Waals surface area contributed by atoms with Crippen LogP contribution >= 0.6 is 0 Å². The van der Waals surface area contributed by atoms with Gasteiger partial charge in [-0.15, -0.1) is 0 Å². The van der Waals surface area contributed by atoms with Gasteiger partial charge in [0.2, 0.25) is 0 Å². The van der Waals surface area contributed by atoms with Gasteiger partial charge in [0.25, 0.3) is 0 Å². The van der Waals surface area contributed by atoms with E-state index >= 15 is 0 Å². The largest absolute Gasteiger partial charge is 0.493 e.